The molecule has 1 aliphatic rings. The van der Waals surface area contributed by atoms with Crippen LogP contribution in [0.15, 0.2) is 53.1 Å². The first-order valence-electron chi connectivity index (χ1n) is 10.3. The van der Waals surface area contributed by atoms with Gasteiger partial charge in [-0.2, -0.15) is 4.98 Å². The number of nitrogens with zero attached hydrogens (tertiary/aromatic N) is 3. The number of carbonyl (C=O) groups excluding carboxylic acids is 1. The Morgan fingerprint density at radius 2 is 1.97 bits per heavy atom. The molecular formula is C23H25FN4O2. The largest absolute Gasteiger partial charge is 0.354 e. The van der Waals surface area contributed by atoms with E-state index in [4.69, 9.17) is 4.52 Å². The summed E-state index contributed by atoms with van der Waals surface area (Å²) in [5.41, 5.74) is 3.39. The summed E-state index contributed by atoms with van der Waals surface area (Å²) in [6.45, 7) is 3.55. The molecule has 0 spiro atoms. The van der Waals surface area contributed by atoms with Crippen molar-refractivity contribution in [2.75, 3.05) is 6.54 Å². The molecule has 3 aromatic rings. The lowest BCUT2D eigenvalue weighted by molar-refractivity contribution is -0.127. The van der Waals surface area contributed by atoms with Crippen LogP contribution < -0.4 is 5.32 Å². The molecule has 0 bridgehead atoms. The van der Waals surface area contributed by atoms with Crippen molar-refractivity contribution in [1.82, 2.24) is 20.4 Å². The Balaban J connectivity index is 1.44. The summed E-state index contributed by atoms with van der Waals surface area (Å²) < 4.78 is 18.4. The van der Waals surface area contributed by atoms with E-state index in [1.165, 1.54) is 23.3 Å². The second kappa shape index (κ2) is 9.17. The van der Waals surface area contributed by atoms with Crippen LogP contribution in [0.25, 0.3) is 0 Å². The Morgan fingerprint density at radius 3 is 2.70 bits per heavy atom. The number of aromatic nitrogens is 2. The summed E-state index contributed by atoms with van der Waals surface area (Å²) in [5, 5.41) is 7.00. The van der Waals surface area contributed by atoms with Gasteiger partial charge in [0, 0.05) is 19.5 Å². The third-order valence-electron chi connectivity index (χ3n) is 5.44. The monoisotopic (exact) mass is 408 g/mol. The molecule has 4 rings (SSSR count). The van der Waals surface area contributed by atoms with Crippen molar-refractivity contribution in [1.29, 1.82) is 0 Å². The normalized spacial score (nSPS) is 16.3. The van der Waals surface area contributed by atoms with Gasteiger partial charge in [-0.3, -0.25) is 9.69 Å². The zero-order valence-electron chi connectivity index (χ0n) is 17.0. The molecule has 0 saturated heterocycles. The smallest absolute Gasteiger partial charge is 0.240 e. The van der Waals surface area contributed by atoms with Gasteiger partial charge in [0.2, 0.25) is 11.8 Å². The Labute approximate surface area is 175 Å². The zero-order chi connectivity index (χ0) is 20.9. The maximum Gasteiger partial charge on any atom is 0.240 e. The molecule has 2 aromatic carbocycles. The van der Waals surface area contributed by atoms with Crippen LogP contribution in [0, 0.1) is 5.82 Å². The van der Waals surface area contributed by atoms with Gasteiger partial charge in [-0.15, -0.1) is 0 Å². The van der Waals surface area contributed by atoms with Crippen LogP contribution in [0.1, 0.15) is 35.3 Å². The maximum absolute atomic E-state index is 13.1. The van der Waals surface area contributed by atoms with E-state index in [1.54, 1.807) is 12.1 Å². The molecular weight excluding hydrogens is 383 g/mol. The van der Waals surface area contributed by atoms with Gasteiger partial charge in [-0.25, -0.2) is 4.39 Å². The fourth-order valence-electron chi connectivity index (χ4n) is 3.77. The first kappa shape index (κ1) is 20.2. The summed E-state index contributed by atoms with van der Waals surface area (Å²) in [4.78, 5) is 19.5. The predicted octanol–water partition coefficient (Wildman–Crippen LogP) is 3.06. The van der Waals surface area contributed by atoms with Crippen molar-refractivity contribution in [3.63, 3.8) is 0 Å². The number of hydrogen-bond acceptors (Lipinski definition) is 5. The summed E-state index contributed by atoms with van der Waals surface area (Å²) in [7, 11) is 0. The molecule has 0 unspecified atom stereocenters. The van der Waals surface area contributed by atoms with Crippen LogP contribution in [-0.4, -0.2) is 33.5 Å². The highest BCUT2D eigenvalue weighted by Gasteiger charge is 2.32. The Hall–Kier alpha value is -3.06. The van der Waals surface area contributed by atoms with Gasteiger partial charge in [-0.05, 0) is 41.7 Å². The third kappa shape index (κ3) is 4.74. The molecule has 1 atom stereocenters. The molecule has 0 fully saturated rings. The minimum Gasteiger partial charge on any atom is -0.354 e. The molecule has 1 N–H and O–H groups in total. The lowest BCUT2D eigenvalue weighted by Crippen LogP contribution is -2.50. The van der Waals surface area contributed by atoms with Gasteiger partial charge in [0.1, 0.15) is 5.82 Å². The molecule has 1 aromatic heterocycles. The lowest BCUT2D eigenvalue weighted by Gasteiger charge is -2.35. The SMILES string of the molecule is CCc1noc(CN2Cc3ccccc3C[C@H]2C(=O)NCCc2ccc(F)cc2)n1. The van der Waals surface area contributed by atoms with Crippen molar-refractivity contribution in [2.24, 2.45) is 0 Å². The van der Waals surface area contributed by atoms with E-state index in [9.17, 15) is 9.18 Å². The second-order valence-corrected chi connectivity index (χ2v) is 7.52. The van der Waals surface area contributed by atoms with Crippen molar-refractivity contribution in [3.8, 4) is 0 Å². The van der Waals surface area contributed by atoms with Gasteiger partial charge in [0.25, 0.3) is 0 Å². The Kier molecular flexibility index (Phi) is 6.18. The highest BCUT2D eigenvalue weighted by atomic mass is 19.1. The predicted molar refractivity (Wildman–Crippen MR) is 110 cm³/mol. The van der Waals surface area contributed by atoms with Crippen LogP contribution in [-0.2, 0) is 37.1 Å². The van der Waals surface area contributed by atoms with Crippen LogP contribution in [0.5, 0.6) is 0 Å². The number of halogens is 1. The molecule has 2 heterocycles. The van der Waals surface area contributed by atoms with E-state index in [0.29, 0.717) is 50.6 Å². The van der Waals surface area contributed by atoms with E-state index in [0.717, 1.165) is 5.56 Å². The minimum absolute atomic E-state index is 0.0261. The van der Waals surface area contributed by atoms with E-state index in [2.05, 4.69) is 32.5 Å². The standard InChI is InChI=1S/C23H25FN4O2/c1-2-21-26-22(30-27-21)15-28-14-18-6-4-3-5-17(18)13-20(28)23(29)25-12-11-16-7-9-19(24)10-8-16/h3-10,20H,2,11-15H2,1H3,(H,25,29)/t20-/m0/s1. The van der Waals surface area contributed by atoms with Gasteiger partial charge >= 0.3 is 0 Å². The topological polar surface area (TPSA) is 71.3 Å². The minimum atomic E-state index is -0.315. The maximum atomic E-state index is 13.1. The summed E-state index contributed by atoms with van der Waals surface area (Å²) in [6, 6.07) is 14.2. The second-order valence-electron chi connectivity index (χ2n) is 7.52. The van der Waals surface area contributed by atoms with Crippen molar-refractivity contribution < 1.29 is 13.7 Å². The molecule has 0 saturated carbocycles. The number of benzene rings is 2. The summed E-state index contributed by atoms with van der Waals surface area (Å²) in [6.07, 6.45) is 1.99. The zero-order valence-corrected chi connectivity index (χ0v) is 17.0. The molecule has 0 radical (unpaired) electrons. The molecule has 156 valence electrons. The number of aryl methyl sites for hydroxylation is 1. The van der Waals surface area contributed by atoms with Gasteiger partial charge < -0.3 is 9.84 Å². The number of amides is 1. The fraction of sp³-hybridized carbons (Fsp3) is 0.348. The van der Waals surface area contributed by atoms with E-state index < -0.39 is 0 Å². The number of fused-ring (bicyclic) bond motifs is 1. The number of nitrogens with one attached hydrogen (secondary N) is 1. The molecule has 6 nitrogen and oxygen atoms in total. The first-order valence-corrected chi connectivity index (χ1v) is 10.3. The number of carbonyl (C=O) groups is 1. The van der Waals surface area contributed by atoms with Crippen molar-refractivity contribution in [3.05, 3.63) is 82.8 Å². The molecule has 1 amide bonds. The van der Waals surface area contributed by atoms with Crippen LogP contribution >= 0.6 is 0 Å². The summed E-state index contributed by atoms with van der Waals surface area (Å²) in [5.74, 6) is 0.909. The highest BCUT2D eigenvalue weighted by molar-refractivity contribution is 5.82. The van der Waals surface area contributed by atoms with Gasteiger partial charge in [0.05, 0.1) is 12.6 Å². The lowest BCUT2D eigenvalue weighted by atomic mass is 9.93. The Bertz CT molecular complexity index is 1000. The average Bonchev–Trinajstić information content (AvgIpc) is 3.22. The molecule has 0 aliphatic carbocycles. The number of rotatable bonds is 7. The highest BCUT2D eigenvalue weighted by Crippen LogP contribution is 2.25. The van der Waals surface area contributed by atoms with Crippen LogP contribution in [0.2, 0.25) is 0 Å². The molecule has 7 heteroatoms. The van der Waals surface area contributed by atoms with Crippen LogP contribution in [0.4, 0.5) is 4.39 Å². The van der Waals surface area contributed by atoms with Crippen molar-refractivity contribution in [2.45, 2.75) is 45.3 Å². The van der Waals surface area contributed by atoms with Crippen LogP contribution in [0.3, 0.4) is 0 Å². The Morgan fingerprint density at radius 1 is 1.20 bits per heavy atom. The molecule has 30 heavy (non-hydrogen) atoms. The summed E-state index contributed by atoms with van der Waals surface area (Å²) >= 11 is 0. The molecule has 1 aliphatic heterocycles. The van der Waals surface area contributed by atoms with Gasteiger partial charge in [0.15, 0.2) is 5.82 Å². The quantitative estimate of drug-likeness (QED) is 0.651. The average molecular weight is 408 g/mol. The van der Waals surface area contributed by atoms with E-state index in [-0.39, 0.29) is 17.8 Å². The third-order valence-corrected chi connectivity index (χ3v) is 5.44. The van der Waals surface area contributed by atoms with E-state index >= 15 is 0 Å². The van der Waals surface area contributed by atoms with Crippen molar-refractivity contribution >= 4 is 5.91 Å². The van der Waals surface area contributed by atoms with Gasteiger partial charge in [-0.1, -0.05) is 48.5 Å². The first-order chi connectivity index (χ1) is 14.6. The van der Waals surface area contributed by atoms with E-state index in [1.807, 2.05) is 19.1 Å². The fourth-order valence-corrected chi connectivity index (χ4v) is 3.77. The number of hydrogen-bond donors (Lipinski definition) is 1.